The van der Waals surface area contributed by atoms with E-state index in [9.17, 15) is 0 Å². The van der Waals surface area contributed by atoms with Gasteiger partial charge in [-0.2, -0.15) is 0 Å². The van der Waals surface area contributed by atoms with E-state index in [2.05, 4.69) is 109 Å². The summed E-state index contributed by atoms with van der Waals surface area (Å²) >= 11 is 0. The summed E-state index contributed by atoms with van der Waals surface area (Å²) in [5.41, 5.74) is 3.18. The molecule has 0 aliphatic heterocycles. The molecule has 0 unspecified atom stereocenters. The van der Waals surface area contributed by atoms with Crippen LogP contribution in [-0.4, -0.2) is 19.9 Å². The van der Waals surface area contributed by atoms with Crippen LogP contribution < -0.4 is 0 Å². The number of benzene rings is 9. The number of hydrogen-bond donors (Lipinski definition) is 0. The van der Waals surface area contributed by atoms with Gasteiger partial charge >= 0.3 is 0 Å². The van der Waals surface area contributed by atoms with Crippen LogP contribution in [0.25, 0.3) is 108 Å². The lowest BCUT2D eigenvalue weighted by Crippen LogP contribution is -1.88. The summed E-state index contributed by atoms with van der Waals surface area (Å²) in [6, 6.07) is 55.6. The fourth-order valence-corrected chi connectivity index (χ4v) is 8.40. The molecule has 4 aromatic heterocycles. The molecule has 13 rings (SSSR count). The minimum Gasteiger partial charge on any atom is -0.254 e. The van der Waals surface area contributed by atoms with Crippen molar-refractivity contribution >= 4 is 108 Å². The molecule has 0 fully saturated rings. The quantitative estimate of drug-likeness (QED) is 0.149. The minimum absolute atomic E-state index is 0.794. The number of aromatic nitrogens is 4. The first-order valence-corrected chi connectivity index (χ1v) is 18.2. The molecular formula is C50H30N4. The second kappa shape index (κ2) is 12.1. The number of rotatable bonds is 0. The maximum absolute atomic E-state index is 5.26. The third-order valence-corrected chi connectivity index (χ3v) is 10.8. The van der Waals surface area contributed by atoms with Crippen molar-refractivity contribution in [1.82, 2.24) is 19.9 Å². The molecule has 0 amide bonds. The zero-order valence-corrected chi connectivity index (χ0v) is 29.1. The Kier molecular flexibility index (Phi) is 6.82. The van der Waals surface area contributed by atoms with E-state index >= 15 is 0 Å². The number of hydrogen-bond acceptors (Lipinski definition) is 4. The second-order valence-electron chi connectivity index (χ2n) is 13.8. The Bertz CT molecular complexity index is 3230. The largest absolute Gasteiger partial charge is 0.254 e. The number of nitrogens with zero attached hydrogens (tertiary/aromatic N) is 4. The first-order valence-electron chi connectivity index (χ1n) is 18.2. The SMILES string of the molecule is c1ccc2c(c1)cc1cnc3ccccc3ncc3cc4ccccc4c4cnc5ccccc5ncc2c1c1c2ccccc2c(c2ccccc21)c34. The predicted molar refractivity (Wildman–Crippen MR) is 228 cm³/mol. The van der Waals surface area contributed by atoms with Crippen LogP contribution in [0.5, 0.6) is 0 Å². The lowest BCUT2D eigenvalue weighted by atomic mass is 9.88. The fourth-order valence-electron chi connectivity index (χ4n) is 8.40. The highest BCUT2D eigenvalue weighted by Crippen LogP contribution is 2.44. The van der Waals surface area contributed by atoms with Gasteiger partial charge in [0.15, 0.2) is 0 Å². The molecule has 0 N–H and O–H groups in total. The van der Waals surface area contributed by atoms with Crippen LogP contribution in [0.15, 0.2) is 183 Å². The zero-order valence-electron chi connectivity index (χ0n) is 29.1. The van der Waals surface area contributed by atoms with Crippen molar-refractivity contribution in [2.75, 3.05) is 0 Å². The second-order valence-corrected chi connectivity index (χ2v) is 13.8. The summed E-state index contributed by atoms with van der Waals surface area (Å²) in [4.78, 5) is 20.9. The Morgan fingerprint density at radius 1 is 0.222 bits per heavy atom. The highest BCUT2D eigenvalue weighted by molar-refractivity contribution is 6.39. The Morgan fingerprint density at radius 3 is 0.889 bits per heavy atom. The van der Waals surface area contributed by atoms with Gasteiger partial charge in [-0.15, -0.1) is 0 Å². The normalized spacial score (nSPS) is 11.7. The van der Waals surface area contributed by atoms with Crippen molar-refractivity contribution in [3.63, 3.8) is 0 Å². The highest BCUT2D eigenvalue weighted by Gasteiger charge is 2.16. The summed E-state index contributed by atoms with van der Waals surface area (Å²) in [6.45, 7) is 0. The summed E-state index contributed by atoms with van der Waals surface area (Å²) in [7, 11) is 0. The Labute approximate surface area is 309 Å². The van der Waals surface area contributed by atoms with E-state index in [0.717, 1.165) is 108 Å². The van der Waals surface area contributed by atoms with Crippen LogP contribution in [0.2, 0.25) is 0 Å². The minimum atomic E-state index is 0.794. The lowest BCUT2D eigenvalue weighted by Gasteiger charge is -2.15. The Hall–Kier alpha value is -7.30. The summed E-state index contributed by atoms with van der Waals surface area (Å²) in [5, 5.41) is 17.6. The summed E-state index contributed by atoms with van der Waals surface area (Å²) in [6.07, 6.45) is 8.10. The van der Waals surface area contributed by atoms with Gasteiger partial charge in [-0.1, -0.05) is 121 Å². The van der Waals surface area contributed by atoms with Crippen molar-refractivity contribution in [2.24, 2.45) is 0 Å². The molecule has 0 radical (unpaired) electrons. The Balaban J connectivity index is 1.63. The molecule has 0 saturated carbocycles. The molecule has 0 atom stereocenters. The van der Waals surface area contributed by atoms with Gasteiger partial charge in [-0.3, -0.25) is 19.9 Å². The van der Waals surface area contributed by atoms with Crippen molar-refractivity contribution < 1.29 is 0 Å². The van der Waals surface area contributed by atoms with Crippen molar-refractivity contribution in [2.45, 2.75) is 0 Å². The maximum atomic E-state index is 5.26. The van der Waals surface area contributed by atoms with Crippen LogP contribution in [0.3, 0.4) is 0 Å². The molecule has 9 aromatic carbocycles. The van der Waals surface area contributed by atoms with Crippen molar-refractivity contribution in [1.29, 1.82) is 0 Å². The molecule has 4 nitrogen and oxygen atoms in total. The topological polar surface area (TPSA) is 51.6 Å². The molecule has 0 spiro atoms. The van der Waals surface area contributed by atoms with Crippen molar-refractivity contribution in [3.8, 4) is 0 Å². The van der Waals surface area contributed by atoms with E-state index in [1.165, 1.54) is 0 Å². The van der Waals surface area contributed by atoms with Gasteiger partial charge in [0.1, 0.15) is 0 Å². The van der Waals surface area contributed by atoms with Gasteiger partial charge in [0.2, 0.25) is 0 Å². The van der Waals surface area contributed by atoms with E-state index in [1.54, 1.807) is 0 Å². The molecule has 13 aromatic rings. The first-order chi connectivity index (χ1) is 26.8. The summed E-state index contributed by atoms with van der Waals surface area (Å²) in [5.74, 6) is 0. The molecule has 4 bridgehead atoms. The van der Waals surface area contributed by atoms with Gasteiger partial charge < -0.3 is 0 Å². The predicted octanol–water partition coefficient (Wildman–Crippen LogP) is 13.0. The van der Waals surface area contributed by atoms with Gasteiger partial charge in [-0.05, 0) is 90.3 Å². The van der Waals surface area contributed by atoms with E-state index in [4.69, 9.17) is 19.9 Å². The maximum Gasteiger partial charge on any atom is 0.0886 e. The average molecular weight is 687 g/mol. The monoisotopic (exact) mass is 686 g/mol. The van der Waals surface area contributed by atoms with Gasteiger partial charge in [0, 0.05) is 57.1 Å². The van der Waals surface area contributed by atoms with E-state index in [1.807, 2.05) is 73.3 Å². The molecular weight excluding hydrogens is 657 g/mol. The summed E-state index contributed by atoms with van der Waals surface area (Å²) < 4.78 is 0. The average Bonchev–Trinajstić information content (AvgIpc) is 3.22. The third kappa shape index (κ3) is 4.70. The van der Waals surface area contributed by atoms with E-state index in [-0.39, 0.29) is 0 Å². The molecule has 4 heteroatoms. The molecule has 0 aliphatic rings. The van der Waals surface area contributed by atoms with Gasteiger partial charge in [-0.25, -0.2) is 0 Å². The standard InChI is InChI=1S/C50H30N4/c1-3-15-35-31(13-1)25-33-27-51-43-21-9-10-22-44(43)52-28-34-26-32-14-2-4-16-36(32)42-30-54-46-24-12-11-23-45(46)53-29-41(35)47(33)49-37-17-5-7-19-39(37)50(48(34)42)40-20-8-6-18-38(40)49/h1-30H. The first kappa shape index (κ1) is 30.3. The highest BCUT2D eigenvalue weighted by atomic mass is 14.7. The molecule has 250 valence electrons. The van der Waals surface area contributed by atoms with Crippen LogP contribution in [-0.2, 0) is 0 Å². The molecule has 0 aliphatic carbocycles. The molecule has 54 heavy (non-hydrogen) atoms. The van der Waals surface area contributed by atoms with Crippen molar-refractivity contribution in [3.05, 3.63) is 183 Å². The number of fused-ring (bicyclic) bond motifs is 6. The fraction of sp³-hybridized carbons (Fsp3) is 0. The van der Waals surface area contributed by atoms with Gasteiger partial charge in [0.05, 0.1) is 22.1 Å². The third-order valence-electron chi connectivity index (χ3n) is 10.8. The van der Waals surface area contributed by atoms with Crippen LogP contribution in [0, 0.1) is 0 Å². The molecule has 0 saturated heterocycles. The smallest absolute Gasteiger partial charge is 0.0886 e. The van der Waals surface area contributed by atoms with Crippen LogP contribution >= 0.6 is 0 Å². The van der Waals surface area contributed by atoms with Crippen LogP contribution in [0.1, 0.15) is 0 Å². The Morgan fingerprint density at radius 2 is 0.519 bits per heavy atom. The van der Waals surface area contributed by atoms with E-state index < -0.39 is 0 Å². The zero-order chi connectivity index (χ0) is 35.6. The van der Waals surface area contributed by atoms with Gasteiger partial charge in [0.25, 0.3) is 0 Å². The number of para-hydroxylation sites is 4. The van der Waals surface area contributed by atoms with Crippen LogP contribution in [0.4, 0.5) is 0 Å². The molecule has 4 heterocycles. The lowest BCUT2D eigenvalue weighted by molar-refractivity contribution is 1.39. The van der Waals surface area contributed by atoms with E-state index in [0.29, 0.717) is 0 Å².